The fraction of sp³-hybridized carbons (Fsp3) is 0.0500. The smallest absolute Gasteiger partial charge is 0.221 e. The van der Waals surface area contributed by atoms with Crippen molar-refractivity contribution in [1.29, 1.82) is 0 Å². The lowest BCUT2D eigenvalue weighted by Gasteiger charge is -2.07. The zero-order valence-electron chi connectivity index (χ0n) is 14.9. The molecule has 0 atom stereocenters. The Hall–Kier alpha value is -3.23. The quantitative estimate of drug-likeness (QED) is 0.514. The lowest BCUT2D eigenvalue weighted by molar-refractivity contribution is 0.593. The van der Waals surface area contributed by atoms with Crippen LogP contribution in [-0.2, 0) is 16.4 Å². The van der Waals surface area contributed by atoms with E-state index < -0.39 is 9.84 Å². The highest BCUT2D eigenvalue weighted by Crippen LogP contribution is 2.29. The Bertz CT molecular complexity index is 1380. The van der Waals surface area contributed by atoms with Crippen molar-refractivity contribution in [2.45, 2.75) is 16.5 Å². The Morgan fingerprint density at radius 1 is 1.03 bits per heavy atom. The normalized spacial score (nSPS) is 13.0. The maximum absolute atomic E-state index is 13.0. The molecular weight excluding hydrogens is 410 g/mol. The summed E-state index contributed by atoms with van der Waals surface area (Å²) in [4.78, 5) is 15.7. The van der Waals surface area contributed by atoms with Gasteiger partial charge in [-0.2, -0.15) is 0 Å². The lowest BCUT2D eigenvalue weighted by atomic mass is 10.1. The van der Waals surface area contributed by atoms with Crippen LogP contribution in [0.3, 0.4) is 0 Å². The molecule has 2 aromatic carbocycles. The van der Waals surface area contributed by atoms with Crippen molar-refractivity contribution in [2.75, 3.05) is 5.32 Å². The molecule has 0 saturated heterocycles. The Morgan fingerprint density at radius 3 is 2.69 bits per heavy atom. The second kappa shape index (κ2) is 6.68. The first kappa shape index (κ1) is 17.8. The van der Waals surface area contributed by atoms with E-state index in [9.17, 15) is 8.42 Å². The van der Waals surface area contributed by atoms with Crippen molar-refractivity contribution >= 4 is 50.2 Å². The number of halogens is 1. The van der Waals surface area contributed by atoms with E-state index in [1.54, 1.807) is 12.1 Å². The van der Waals surface area contributed by atoms with Gasteiger partial charge in [-0.1, -0.05) is 17.7 Å². The van der Waals surface area contributed by atoms with E-state index in [1.807, 2.05) is 24.4 Å². The molecule has 5 rings (SSSR count). The molecule has 1 aliphatic heterocycles. The number of rotatable bonds is 4. The number of fused-ring (bicyclic) bond motifs is 2. The summed E-state index contributed by atoms with van der Waals surface area (Å²) in [6.07, 6.45) is 3.22. The summed E-state index contributed by atoms with van der Waals surface area (Å²) in [6.45, 7) is 0.692. The number of aliphatic imine (C=N–C) groups is 1. The van der Waals surface area contributed by atoms with Crippen molar-refractivity contribution < 1.29 is 8.42 Å². The van der Waals surface area contributed by atoms with Gasteiger partial charge in [-0.05, 0) is 53.6 Å². The topological polar surface area (TPSA) is 100 Å². The molecule has 29 heavy (non-hydrogen) atoms. The first-order valence-electron chi connectivity index (χ1n) is 8.75. The molecule has 0 bridgehead atoms. The van der Waals surface area contributed by atoms with E-state index in [-0.39, 0.29) is 9.92 Å². The van der Waals surface area contributed by atoms with Gasteiger partial charge in [-0.25, -0.2) is 18.4 Å². The Balaban J connectivity index is 1.54. The third kappa shape index (κ3) is 3.16. The molecule has 0 amide bonds. The summed E-state index contributed by atoms with van der Waals surface area (Å²) in [5.41, 5.74) is 3.49. The number of aromatic nitrogens is 3. The SMILES string of the molecule is O=S(=O)(c1ccc(Cl)cc1)c1cc2c(Nc3ccc4c(c3)C=NC4)ncnc2[nH]1. The fourth-order valence-electron chi connectivity index (χ4n) is 3.22. The molecule has 0 radical (unpaired) electrons. The van der Waals surface area contributed by atoms with Crippen molar-refractivity contribution in [1.82, 2.24) is 15.0 Å². The standard InChI is InChI=1S/C20H14ClN5O2S/c21-14-2-5-16(6-3-14)29(27,28)18-8-17-19(23-11-24-20(17)26-18)25-15-4-1-12-9-22-10-13(12)7-15/h1-8,10-11H,9H2,(H2,23,24,25,26). The van der Waals surface area contributed by atoms with Crippen LogP contribution in [0.2, 0.25) is 5.02 Å². The number of H-pyrrole nitrogens is 1. The average Bonchev–Trinajstić information content (AvgIpc) is 3.35. The number of hydrogen-bond acceptors (Lipinski definition) is 6. The van der Waals surface area contributed by atoms with Crippen LogP contribution in [0.5, 0.6) is 0 Å². The highest BCUT2D eigenvalue weighted by molar-refractivity contribution is 7.91. The Labute approximate surface area is 171 Å². The number of hydrogen-bond donors (Lipinski definition) is 2. The minimum Gasteiger partial charge on any atom is -0.340 e. The zero-order valence-corrected chi connectivity index (χ0v) is 16.5. The third-order valence-electron chi connectivity index (χ3n) is 4.72. The van der Waals surface area contributed by atoms with Crippen LogP contribution >= 0.6 is 11.6 Å². The molecule has 144 valence electrons. The molecule has 0 aliphatic carbocycles. The largest absolute Gasteiger partial charge is 0.340 e. The van der Waals surface area contributed by atoms with Crippen LogP contribution in [0.1, 0.15) is 11.1 Å². The van der Waals surface area contributed by atoms with E-state index in [4.69, 9.17) is 11.6 Å². The lowest BCUT2D eigenvalue weighted by Crippen LogP contribution is -2.01. The van der Waals surface area contributed by atoms with Gasteiger partial charge in [0.1, 0.15) is 22.8 Å². The van der Waals surface area contributed by atoms with E-state index in [0.29, 0.717) is 28.4 Å². The maximum atomic E-state index is 13.0. The van der Waals surface area contributed by atoms with E-state index in [2.05, 4.69) is 25.3 Å². The molecule has 0 saturated carbocycles. The summed E-state index contributed by atoms with van der Waals surface area (Å²) < 4.78 is 25.9. The molecule has 1 aliphatic rings. The van der Waals surface area contributed by atoms with Crippen LogP contribution in [-0.4, -0.2) is 29.6 Å². The molecule has 2 N–H and O–H groups in total. The highest BCUT2D eigenvalue weighted by Gasteiger charge is 2.22. The van der Waals surface area contributed by atoms with Gasteiger partial charge in [0.2, 0.25) is 9.84 Å². The molecule has 2 aromatic heterocycles. The van der Waals surface area contributed by atoms with Gasteiger partial charge in [0, 0.05) is 16.9 Å². The van der Waals surface area contributed by atoms with E-state index >= 15 is 0 Å². The minimum atomic E-state index is -3.74. The summed E-state index contributed by atoms with van der Waals surface area (Å²) in [5, 5.41) is 4.33. The zero-order chi connectivity index (χ0) is 20.0. The Kier molecular flexibility index (Phi) is 4.11. The van der Waals surface area contributed by atoms with Gasteiger partial charge in [-0.3, -0.25) is 4.99 Å². The molecule has 9 heteroatoms. The predicted molar refractivity (Wildman–Crippen MR) is 112 cm³/mol. The van der Waals surface area contributed by atoms with Gasteiger partial charge in [0.05, 0.1) is 16.8 Å². The van der Waals surface area contributed by atoms with Crippen molar-refractivity contribution in [3.05, 3.63) is 71.0 Å². The number of nitrogens with one attached hydrogen (secondary N) is 2. The summed E-state index contributed by atoms with van der Waals surface area (Å²) in [7, 11) is -3.74. The summed E-state index contributed by atoms with van der Waals surface area (Å²) in [5.74, 6) is 0.513. The van der Waals surface area contributed by atoms with E-state index in [1.165, 1.54) is 30.1 Å². The van der Waals surface area contributed by atoms with Gasteiger partial charge < -0.3 is 10.3 Å². The summed E-state index contributed by atoms with van der Waals surface area (Å²) in [6, 6.07) is 13.5. The third-order valence-corrected chi connectivity index (χ3v) is 6.66. The van der Waals surface area contributed by atoms with Crippen LogP contribution in [0.15, 0.2) is 69.8 Å². The molecule has 7 nitrogen and oxygen atoms in total. The van der Waals surface area contributed by atoms with Crippen LogP contribution < -0.4 is 5.32 Å². The molecule has 0 fully saturated rings. The average molecular weight is 424 g/mol. The molecule has 0 unspecified atom stereocenters. The second-order valence-corrected chi connectivity index (χ2v) is 8.94. The number of nitrogens with zero attached hydrogens (tertiary/aromatic N) is 3. The van der Waals surface area contributed by atoms with Gasteiger partial charge in [0.25, 0.3) is 0 Å². The number of benzene rings is 2. The van der Waals surface area contributed by atoms with Gasteiger partial charge in [0.15, 0.2) is 0 Å². The maximum Gasteiger partial charge on any atom is 0.221 e. The molecule has 3 heterocycles. The van der Waals surface area contributed by atoms with Crippen LogP contribution in [0.25, 0.3) is 11.0 Å². The van der Waals surface area contributed by atoms with Crippen molar-refractivity contribution in [2.24, 2.45) is 4.99 Å². The van der Waals surface area contributed by atoms with Crippen LogP contribution in [0.4, 0.5) is 11.5 Å². The molecule has 4 aromatic rings. The van der Waals surface area contributed by atoms with Crippen molar-refractivity contribution in [3.8, 4) is 0 Å². The van der Waals surface area contributed by atoms with E-state index in [0.717, 1.165) is 11.3 Å². The number of sulfone groups is 1. The number of anilines is 2. The molecule has 0 spiro atoms. The monoisotopic (exact) mass is 423 g/mol. The fourth-order valence-corrected chi connectivity index (χ4v) is 4.60. The Morgan fingerprint density at radius 2 is 1.86 bits per heavy atom. The molecular formula is C20H14ClN5O2S. The first-order valence-corrected chi connectivity index (χ1v) is 10.6. The van der Waals surface area contributed by atoms with Crippen LogP contribution in [0, 0.1) is 0 Å². The van der Waals surface area contributed by atoms with Crippen molar-refractivity contribution in [3.63, 3.8) is 0 Å². The minimum absolute atomic E-state index is 0.0412. The summed E-state index contributed by atoms with van der Waals surface area (Å²) >= 11 is 5.87. The van der Waals surface area contributed by atoms with Gasteiger partial charge in [-0.15, -0.1) is 0 Å². The number of aromatic amines is 1. The first-order chi connectivity index (χ1) is 14.0. The highest BCUT2D eigenvalue weighted by atomic mass is 35.5. The second-order valence-electron chi connectivity index (χ2n) is 6.58. The predicted octanol–water partition coefficient (Wildman–Crippen LogP) is 4.12. The van der Waals surface area contributed by atoms with Gasteiger partial charge >= 0.3 is 0 Å².